The number of hydrogen-bond donors (Lipinski definition) is 0. The third kappa shape index (κ3) is 3.65. The fraction of sp³-hybridized carbons (Fsp3) is 0.600. The third-order valence-corrected chi connectivity index (χ3v) is 3.84. The third-order valence-electron chi connectivity index (χ3n) is 3.84. The molecule has 94 valence electrons. The van der Waals surface area contributed by atoms with Crippen LogP contribution in [-0.2, 0) is 9.59 Å². The highest BCUT2D eigenvalue weighted by atomic mass is 16.1. The van der Waals surface area contributed by atoms with Crippen LogP contribution in [0.1, 0.15) is 46.0 Å². The van der Waals surface area contributed by atoms with Gasteiger partial charge in [-0.3, -0.25) is 4.79 Å². The first-order valence-corrected chi connectivity index (χ1v) is 6.27. The van der Waals surface area contributed by atoms with E-state index in [0.29, 0.717) is 11.5 Å². The van der Waals surface area contributed by atoms with Crippen molar-refractivity contribution in [2.24, 2.45) is 11.3 Å². The standard InChI is InChI=1S/C15H22O2/c1-12-5-4-9-15(2,3)14(12)7-6-13(11-17)8-10-16/h6,10-11,14H,1,4-5,7-9H2,2-3H3/b13-6+/t14-/m0/s1. The van der Waals surface area contributed by atoms with Gasteiger partial charge in [0.25, 0.3) is 0 Å². The molecule has 1 saturated carbocycles. The zero-order valence-electron chi connectivity index (χ0n) is 10.9. The number of aldehydes is 2. The summed E-state index contributed by atoms with van der Waals surface area (Å²) in [5, 5.41) is 0. The van der Waals surface area contributed by atoms with E-state index in [4.69, 9.17) is 0 Å². The van der Waals surface area contributed by atoms with Gasteiger partial charge in [-0.2, -0.15) is 0 Å². The summed E-state index contributed by atoms with van der Waals surface area (Å²) in [5.74, 6) is 0.429. The number of hydrogen-bond acceptors (Lipinski definition) is 2. The van der Waals surface area contributed by atoms with Crippen LogP contribution in [0.2, 0.25) is 0 Å². The molecular weight excluding hydrogens is 212 g/mol. The molecule has 0 heterocycles. The summed E-state index contributed by atoms with van der Waals surface area (Å²) in [6, 6.07) is 0. The molecule has 0 aromatic heterocycles. The molecular formula is C15H22O2. The van der Waals surface area contributed by atoms with Gasteiger partial charge in [-0.1, -0.05) is 32.1 Å². The number of allylic oxidation sites excluding steroid dienone is 3. The molecule has 0 bridgehead atoms. The maximum Gasteiger partial charge on any atom is 0.146 e. The summed E-state index contributed by atoms with van der Waals surface area (Å²) in [5.41, 5.74) is 2.13. The lowest BCUT2D eigenvalue weighted by Crippen LogP contribution is -2.29. The predicted molar refractivity (Wildman–Crippen MR) is 69.7 cm³/mol. The molecule has 0 radical (unpaired) electrons. The largest absolute Gasteiger partial charge is 0.303 e. The molecule has 0 N–H and O–H groups in total. The molecule has 1 atom stereocenters. The Bertz CT molecular complexity index is 337. The SMILES string of the molecule is C=C1CCCC(C)(C)[C@H]1C/C=C(/C=O)CC=O. The molecule has 0 saturated heterocycles. The second-order valence-electron chi connectivity index (χ2n) is 5.56. The Kier molecular flexibility index (Phi) is 4.86. The van der Waals surface area contributed by atoms with Crippen LogP contribution in [-0.4, -0.2) is 12.6 Å². The van der Waals surface area contributed by atoms with Crippen molar-refractivity contribution < 1.29 is 9.59 Å². The van der Waals surface area contributed by atoms with E-state index in [1.165, 1.54) is 18.4 Å². The highest BCUT2D eigenvalue weighted by Crippen LogP contribution is 2.45. The first-order chi connectivity index (χ1) is 8.01. The van der Waals surface area contributed by atoms with Crippen molar-refractivity contribution in [3.05, 3.63) is 23.8 Å². The summed E-state index contributed by atoms with van der Waals surface area (Å²) in [4.78, 5) is 21.2. The predicted octanol–water partition coefficient (Wildman–Crippen LogP) is 3.47. The maximum atomic E-state index is 10.8. The Morgan fingerprint density at radius 3 is 2.71 bits per heavy atom. The van der Waals surface area contributed by atoms with Crippen molar-refractivity contribution >= 4 is 12.6 Å². The minimum Gasteiger partial charge on any atom is -0.303 e. The summed E-state index contributed by atoms with van der Waals surface area (Å²) in [6.07, 6.45) is 8.02. The van der Waals surface area contributed by atoms with Gasteiger partial charge in [0.05, 0.1) is 0 Å². The fourth-order valence-electron chi connectivity index (χ4n) is 2.70. The van der Waals surface area contributed by atoms with Crippen LogP contribution in [0.4, 0.5) is 0 Å². The molecule has 2 heteroatoms. The first-order valence-electron chi connectivity index (χ1n) is 6.27. The normalized spacial score (nSPS) is 24.5. The minimum absolute atomic E-state index is 0.225. The Hall–Kier alpha value is -1.18. The monoisotopic (exact) mass is 234 g/mol. The van der Waals surface area contributed by atoms with Crippen molar-refractivity contribution in [2.45, 2.75) is 46.0 Å². The number of rotatable bonds is 5. The smallest absolute Gasteiger partial charge is 0.146 e. The minimum atomic E-state index is 0.225. The lowest BCUT2D eigenvalue weighted by molar-refractivity contribution is -0.109. The van der Waals surface area contributed by atoms with Gasteiger partial charge in [0.2, 0.25) is 0 Å². The summed E-state index contributed by atoms with van der Waals surface area (Å²) < 4.78 is 0. The molecule has 0 aromatic rings. The average Bonchev–Trinajstić information content (AvgIpc) is 2.26. The highest BCUT2D eigenvalue weighted by Gasteiger charge is 2.33. The second kappa shape index (κ2) is 5.95. The van der Waals surface area contributed by atoms with Crippen LogP contribution in [0.25, 0.3) is 0 Å². The van der Waals surface area contributed by atoms with Crippen molar-refractivity contribution in [3.8, 4) is 0 Å². The van der Waals surface area contributed by atoms with E-state index in [-0.39, 0.29) is 11.8 Å². The number of carbonyl (C=O) groups excluding carboxylic acids is 2. The van der Waals surface area contributed by atoms with E-state index in [1.807, 2.05) is 6.08 Å². The average molecular weight is 234 g/mol. The summed E-state index contributed by atoms with van der Waals surface area (Å²) in [6.45, 7) is 8.67. The highest BCUT2D eigenvalue weighted by molar-refractivity contribution is 5.78. The molecule has 1 fully saturated rings. The molecule has 0 unspecified atom stereocenters. The van der Waals surface area contributed by atoms with Gasteiger partial charge in [0.1, 0.15) is 12.6 Å². The molecule has 17 heavy (non-hydrogen) atoms. The van der Waals surface area contributed by atoms with Gasteiger partial charge in [-0.15, -0.1) is 0 Å². The zero-order chi connectivity index (χ0) is 12.9. The van der Waals surface area contributed by atoms with Crippen LogP contribution in [0.5, 0.6) is 0 Å². The lowest BCUT2D eigenvalue weighted by atomic mass is 9.65. The van der Waals surface area contributed by atoms with Crippen LogP contribution in [0.3, 0.4) is 0 Å². The molecule has 2 nitrogen and oxygen atoms in total. The summed E-state index contributed by atoms with van der Waals surface area (Å²) in [7, 11) is 0. The van der Waals surface area contributed by atoms with Gasteiger partial charge in [0, 0.05) is 6.42 Å². The van der Waals surface area contributed by atoms with Crippen LogP contribution in [0.15, 0.2) is 23.8 Å². The van der Waals surface area contributed by atoms with Crippen molar-refractivity contribution in [3.63, 3.8) is 0 Å². The summed E-state index contributed by atoms with van der Waals surface area (Å²) >= 11 is 0. The zero-order valence-corrected chi connectivity index (χ0v) is 10.9. The van der Waals surface area contributed by atoms with Crippen LogP contribution in [0, 0.1) is 11.3 Å². The molecule has 0 aromatic carbocycles. The first kappa shape index (κ1) is 13.9. The Labute approximate surface area is 104 Å². The quantitative estimate of drug-likeness (QED) is 0.414. The van der Waals surface area contributed by atoms with Crippen LogP contribution < -0.4 is 0 Å². The molecule has 1 rings (SSSR count). The molecule has 1 aliphatic rings. The van der Waals surface area contributed by atoms with Crippen molar-refractivity contribution in [2.75, 3.05) is 0 Å². The Morgan fingerprint density at radius 1 is 1.47 bits per heavy atom. The topological polar surface area (TPSA) is 34.1 Å². The number of carbonyl (C=O) groups is 2. The van der Waals surface area contributed by atoms with E-state index in [2.05, 4.69) is 20.4 Å². The van der Waals surface area contributed by atoms with Crippen molar-refractivity contribution in [1.29, 1.82) is 0 Å². The van der Waals surface area contributed by atoms with Gasteiger partial charge >= 0.3 is 0 Å². The van der Waals surface area contributed by atoms with Gasteiger partial charge in [-0.05, 0) is 42.6 Å². The molecule has 1 aliphatic carbocycles. The van der Waals surface area contributed by atoms with E-state index in [1.54, 1.807) is 0 Å². The van der Waals surface area contributed by atoms with Gasteiger partial charge in [-0.25, -0.2) is 0 Å². The molecule has 0 amide bonds. The van der Waals surface area contributed by atoms with E-state index in [9.17, 15) is 9.59 Å². The second-order valence-corrected chi connectivity index (χ2v) is 5.56. The maximum absolute atomic E-state index is 10.8. The van der Waals surface area contributed by atoms with Gasteiger partial charge < -0.3 is 4.79 Å². The molecule has 0 aliphatic heterocycles. The van der Waals surface area contributed by atoms with E-state index < -0.39 is 0 Å². The van der Waals surface area contributed by atoms with Crippen LogP contribution >= 0.6 is 0 Å². The molecule has 0 spiro atoms. The Balaban J connectivity index is 2.73. The fourth-order valence-corrected chi connectivity index (χ4v) is 2.70. The van der Waals surface area contributed by atoms with E-state index in [0.717, 1.165) is 25.4 Å². The van der Waals surface area contributed by atoms with E-state index >= 15 is 0 Å². The lowest BCUT2D eigenvalue weighted by Gasteiger charge is -2.40. The Morgan fingerprint density at radius 2 is 2.18 bits per heavy atom. The van der Waals surface area contributed by atoms with Crippen molar-refractivity contribution in [1.82, 2.24) is 0 Å². The van der Waals surface area contributed by atoms with Gasteiger partial charge in [0.15, 0.2) is 0 Å².